The zero-order valence-corrected chi connectivity index (χ0v) is 12.9. The molecular weight excluding hydrogens is 262 g/mol. The first-order valence-electron chi connectivity index (χ1n) is 7.49. The largest absolute Gasteiger partial charge is 0.393 e. The highest BCUT2D eigenvalue weighted by atomic mass is 32.2. The lowest BCUT2D eigenvalue weighted by atomic mass is 9.75. The lowest BCUT2D eigenvalue weighted by Crippen LogP contribution is -2.41. The van der Waals surface area contributed by atoms with E-state index in [0.717, 1.165) is 38.5 Å². The predicted octanol–water partition coefficient (Wildman–Crippen LogP) is 1.85. The summed E-state index contributed by atoms with van der Waals surface area (Å²) in [6.45, 7) is 3.57. The van der Waals surface area contributed by atoms with Crippen LogP contribution in [0.3, 0.4) is 0 Å². The minimum atomic E-state index is -3.05. The van der Waals surface area contributed by atoms with E-state index in [1.165, 1.54) is 6.26 Å². The van der Waals surface area contributed by atoms with Crippen molar-refractivity contribution in [2.24, 2.45) is 17.8 Å². The molecule has 4 unspecified atom stereocenters. The summed E-state index contributed by atoms with van der Waals surface area (Å²) in [6.07, 6.45) is 7.29. The van der Waals surface area contributed by atoms with Gasteiger partial charge in [0, 0.05) is 13.1 Å². The van der Waals surface area contributed by atoms with Crippen LogP contribution in [0.15, 0.2) is 0 Å². The summed E-state index contributed by atoms with van der Waals surface area (Å²) in [5, 5.41) is 10.1. The van der Waals surface area contributed by atoms with Gasteiger partial charge < -0.3 is 5.11 Å². The van der Waals surface area contributed by atoms with Crippen LogP contribution < -0.4 is 0 Å². The summed E-state index contributed by atoms with van der Waals surface area (Å²) >= 11 is 0. The SMILES string of the molecule is CC1CCC(O)C(CC2CCCN(S(C)(=O)=O)C2)C1. The Hall–Kier alpha value is -0.130. The van der Waals surface area contributed by atoms with Crippen molar-refractivity contribution >= 4 is 10.0 Å². The molecular formula is C14H27NO3S. The van der Waals surface area contributed by atoms with E-state index in [1.807, 2.05) is 0 Å². The molecule has 112 valence electrons. The Morgan fingerprint density at radius 2 is 2.00 bits per heavy atom. The van der Waals surface area contributed by atoms with E-state index in [9.17, 15) is 13.5 Å². The van der Waals surface area contributed by atoms with Gasteiger partial charge >= 0.3 is 0 Å². The van der Waals surface area contributed by atoms with E-state index in [0.29, 0.717) is 30.8 Å². The van der Waals surface area contributed by atoms with Gasteiger partial charge in [-0.3, -0.25) is 0 Å². The van der Waals surface area contributed by atoms with Crippen molar-refractivity contribution < 1.29 is 13.5 Å². The summed E-state index contributed by atoms with van der Waals surface area (Å²) in [5.41, 5.74) is 0. The molecule has 1 saturated heterocycles. The third-order valence-corrected chi connectivity index (χ3v) is 6.06. The second kappa shape index (κ2) is 6.10. The fraction of sp³-hybridized carbons (Fsp3) is 1.00. The summed E-state index contributed by atoms with van der Waals surface area (Å²) in [5.74, 6) is 1.49. The van der Waals surface area contributed by atoms with E-state index < -0.39 is 10.0 Å². The maximum Gasteiger partial charge on any atom is 0.211 e. The van der Waals surface area contributed by atoms with Crippen LogP contribution in [0.5, 0.6) is 0 Å². The number of rotatable bonds is 3. The van der Waals surface area contributed by atoms with Crippen LogP contribution in [-0.2, 0) is 10.0 Å². The molecule has 19 heavy (non-hydrogen) atoms. The van der Waals surface area contributed by atoms with Gasteiger partial charge in [-0.25, -0.2) is 12.7 Å². The number of hydrogen-bond acceptors (Lipinski definition) is 3. The van der Waals surface area contributed by atoms with Crippen LogP contribution in [0.1, 0.15) is 45.4 Å². The normalized spacial score (nSPS) is 38.3. The number of nitrogens with zero attached hydrogens (tertiary/aromatic N) is 1. The molecule has 0 aromatic heterocycles. The number of piperidine rings is 1. The molecule has 1 N–H and O–H groups in total. The molecule has 5 heteroatoms. The Bertz CT molecular complexity index is 395. The average Bonchev–Trinajstić information content (AvgIpc) is 2.33. The van der Waals surface area contributed by atoms with Gasteiger partial charge in [-0.05, 0) is 56.3 Å². The van der Waals surface area contributed by atoms with Gasteiger partial charge in [0.05, 0.1) is 12.4 Å². The van der Waals surface area contributed by atoms with Crippen molar-refractivity contribution in [3.8, 4) is 0 Å². The smallest absolute Gasteiger partial charge is 0.211 e. The van der Waals surface area contributed by atoms with E-state index in [4.69, 9.17) is 0 Å². The van der Waals surface area contributed by atoms with Crippen molar-refractivity contribution in [3.63, 3.8) is 0 Å². The second-order valence-corrected chi connectivity index (χ2v) is 8.59. The van der Waals surface area contributed by atoms with Gasteiger partial charge in [0.25, 0.3) is 0 Å². The van der Waals surface area contributed by atoms with E-state index in [2.05, 4.69) is 6.92 Å². The molecule has 0 radical (unpaired) electrons. The molecule has 1 aliphatic carbocycles. The molecule has 0 bridgehead atoms. The Morgan fingerprint density at radius 3 is 2.68 bits per heavy atom. The van der Waals surface area contributed by atoms with E-state index in [-0.39, 0.29) is 6.10 Å². The summed E-state index contributed by atoms with van der Waals surface area (Å²) < 4.78 is 24.8. The Balaban J connectivity index is 1.91. The highest BCUT2D eigenvalue weighted by Crippen LogP contribution is 2.35. The zero-order valence-electron chi connectivity index (χ0n) is 12.1. The van der Waals surface area contributed by atoms with Crippen molar-refractivity contribution in [3.05, 3.63) is 0 Å². The standard InChI is InChI=1S/C14H27NO3S/c1-11-5-6-14(16)13(8-11)9-12-4-3-7-15(10-12)19(2,17)18/h11-14,16H,3-10H2,1-2H3. The molecule has 2 aliphatic rings. The summed E-state index contributed by atoms with van der Waals surface area (Å²) in [7, 11) is -3.05. The van der Waals surface area contributed by atoms with Crippen LogP contribution in [-0.4, -0.2) is 43.3 Å². The molecule has 1 saturated carbocycles. The first kappa shape index (κ1) is 15.3. The molecule has 1 heterocycles. The van der Waals surface area contributed by atoms with Crippen molar-refractivity contribution in [1.29, 1.82) is 0 Å². The highest BCUT2D eigenvalue weighted by Gasteiger charge is 2.32. The maximum absolute atomic E-state index is 11.6. The minimum Gasteiger partial charge on any atom is -0.393 e. The summed E-state index contributed by atoms with van der Waals surface area (Å²) in [6, 6.07) is 0. The molecule has 2 rings (SSSR count). The van der Waals surface area contributed by atoms with Gasteiger partial charge in [-0.1, -0.05) is 6.92 Å². The van der Waals surface area contributed by atoms with E-state index >= 15 is 0 Å². The van der Waals surface area contributed by atoms with Gasteiger partial charge in [-0.2, -0.15) is 0 Å². The van der Waals surface area contributed by atoms with Gasteiger partial charge in [0.2, 0.25) is 10.0 Å². The van der Waals surface area contributed by atoms with Gasteiger partial charge in [0.15, 0.2) is 0 Å². The molecule has 0 amide bonds. The minimum absolute atomic E-state index is 0.176. The van der Waals surface area contributed by atoms with Crippen LogP contribution in [0.2, 0.25) is 0 Å². The lowest BCUT2D eigenvalue weighted by molar-refractivity contribution is 0.0338. The van der Waals surface area contributed by atoms with Crippen molar-refractivity contribution in [1.82, 2.24) is 4.31 Å². The molecule has 0 aromatic rings. The maximum atomic E-state index is 11.6. The van der Waals surface area contributed by atoms with Crippen LogP contribution >= 0.6 is 0 Å². The number of aliphatic hydroxyl groups excluding tert-OH is 1. The van der Waals surface area contributed by atoms with Crippen LogP contribution in [0.25, 0.3) is 0 Å². The third kappa shape index (κ3) is 4.17. The summed E-state index contributed by atoms with van der Waals surface area (Å²) in [4.78, 5) is 0. The van der Waals surface area contributed by atoms with Gasteiger partial charge in [0.1, 0.15) is 0 Å². The first-order valence-corrected chi connectivity index (χ1v) is 9.34. The lowest BCUT2D eigenvalue weighted by Gasteiger charge is -2.37. The fourth-order valence-corrected chi connectivity index (χ4v) is 4.63. The Morgan fingerprint density at radius 1 is 1.26 bits per heavy atom. The Labute approximate surface area is 117 Å². The average molecular weight is 289 g/mol. The topological polar surface area (TPSA) is 57.6 Å². The molecule has 1 aliphatic heterocycles. The quantitative estimate of drug-likeness (QED) is 0.862. The molecule has 0 aromatic carbocycles. The molecule has 0 spiro atoms. The van der Waals surface area contributed by atoms with E-state index in [1.54, 1.807) is 4.31 Å². The van der Waals surface area contributed by atoms with Crippen LogP contribution in [0, 0.1) is 17.8 Å². The molecule has 4 nitrogen and oxygen atoms in total. The monoisotopic (exact) mass is 289 g/mol. The van der Waals surface area contributed by atoms with Crippen molar-refractivity contribution in [2.75, 3.05) is 19.3 Å². The van der Waals surface area contributed by atoms with Gasteiger partial charge in [-0.15, -0.1) is 0 Å². The highest BCUT2D eigenvalue weighted by molar-refractivity contribution is 7.88. The first-order chi connectivity index (χ1) is 8.86. The number of hydrogen-bond donors (Lipinski definition) is 1. The number of sulfonamides is 1. The molecule has 2 fully saturated rings. The molecule has 4 atom stereocenters. The Kier molecular flexibility index (Phi) is 4.90. The second-order valence-electron chi connectivity index (χ2n) is 6.61. The zero-order chi connectivity index (χ0) is 14.0. The third-order valence-electron chi connectivity index (χ3n) is 4.79. The predicted molar refractivity (Wildman–Crippen MR) is 76.3 cm³/mol. The number of aliphatic hydroxyl groups is 1. The van der Waals surface area contributed by atoms with Crippen molar-refractivity contribution in [2.45, 2.75) is 51.6 Å². The fourth-order valence-electron chi connectivity index (χ4n) is 3.68. The van der Waals surface area contributed by atoms with Crippen LogP contribution in [0.4, 0.5) is 0 Å².